The van der Waals surface area contributed by atoms with E-state index in [0.717, 1.165) is 6.42 Å². The van der Waals surface area contributed by atoms with Crippen molar-refractivity contribution in [3.8, 4) is 0 Å². The molecule has 0 fully saturated rings. The molecular weight excluding hydrogens is 294 g/mol. The van der Waals surface area contributed by atoms with Gasteiger partial charge in [-0.2, -0.15) is 0 Å². The zero-order valence-electron chi connectivity index (χ0n) is 12.1. The molecule has 0 radical (unpaired) electrons. The fraction of sp³-hybridized carbons (Fsp3) is 0.538. The molecule has 7 nitrogen and oxygen atoms in total. The lowest BCUT2D eigenvalue weighted by molar-refractivity contribution is -0.140. The zero-order valence-corrected chi connectivity index (χ0v) is 12.9. The molecule has 0 aliphatic heterocycles. The third-order valence-electron chi connectivity index (χ3n) is 2.39. The summed E-state index contributed by atoms with van der Waals surface area (Å²) in [6.45, 7) is 4.49. The normalized spacial score (nSPS) is 10.2. The monoisotopic (exact) mass is 313 g/mol. The highest BCUT2D eigenvalue weighted by atomic mass is 32.2. The SMILES string of the molecule is CCCN(CC(=O)O)c1cncc(SCC(=O)OCC)n1. The molecule has 0 bridgehead atoms. The summed E-state index contributed by atoms with van der Waals surface area (Å²) in [5.74, 6) is -0.591. The highest BCUT2D eigenvalue weighted by molar-refractivity contribution is 7.99. The standard InChI is InChI=1S/C13H19N3O4S/c1-3-5-16(8-12(17)18)10-6-14-7-11(15-10)21-9-13(19)20-4-2/h6-7H,3-5,8-9H2,1-2H3,(H,17,18). The third kappa shape index (κ3) is 6.44. The van der Waals surface area contributed by atoms with Crippen LogP contribution in [-0.4, -0.2) is 52.5 Å². The Morgan fingerprint density at radius 1 is 1.38 bits per heavy atom. The largest absolute Gasteiger partial charge is 0.480 e. The fourth-order valence-electron chi connectivity index (χ4n) is 1.60. The molecule has 0 spiro atoms. The molecule has 1 heterocycles. The molecule has 1 N–H and O–H groups in total. The van der Waals surface area contributed by atoms with E-state index in [1.165, 1.54) is 24.2 Å². The van der Waals surface area contributed by atoms with Crippen molar-refractivity contribution in [1.82, 2.24) is 9.97 Å². The van der Waals surface area contributed by atoms with Crippen molar-refractivity contribution in [3.05, 3.63) is 12.4 Å². The Labute approximate surface area is 127 Å². The van der Waals surface area contributed by atoms with Gasteiger partial charge in [0.2, 0.25) is 0 Å². The van der Waals surface area contributed by atoms with Gasteiger partial charge in [0, 0.05) is 6.54 Å². The minimum absolute atomic E-state index is 0.130. The molecule has 1 rings (SSSR count). The van der Waals surface area contributed by atoms with Gasteiger partial charge in [-0.1, -0.05) is 18.7 Å². The van der Waals surface area contributed by atoms with Gasteiger partial charge < -0.3 is 14.7 Å². The van der Waals surface area contributed by atoms with Crippen molar-refractivity contribution >= 4 is 29.5 Å². The van der Waals surface area contributed by atoms with E-state index >= 15 is 0 Å². The Bertz CT molecular complexity index is 484. The van der Waals surface area contributed by atoms with Gasteiger partial charge in [-0.3, -0.25) is 14.6 Å². The molecule has 1 aromatic heterocycles. The molecular formula is C13H19N3O4S. The molecule has 0 aromatic carbocycles. The van der Waals surface area contributed by atoms with E-state index in [2.05, 4.69) is 9.97 Å². The van der Waals surface area contributed by atoms with Crippen molar-refractivity contribution in [3.63, 3.8) is 0 Å². The van der Waals surface area contributed by atoms with Crippen molar-refractivity contribution < 1.29 is 19.4 Å². The molecule has 116 valence electrons. The van der Waals surface area contributed by atoms with E-state index < -0.39 is 5.97 Å². The van der Waals surface area contributed by atoms with Gasteiger partial charge in [0.15, 0.2) is 0 Å². The first kappa shape index (κ1) is 17.2. The maximum atomic E-state index is 11.3. The number of hydrogen-bond acceptors (Lipinski definition) is 7. The smallest absolute Gasteiger partial charge is 0.323 e. The van der Waals surface area contributed by atoms with Crippen LogP contribution in [0.4, 0.5) is 5.82 Å². The molecule has 1 aromatic rings. The Balaban J connectivity index is 2.72. The first-order valence-electron chi connectivity index (χ1n) is 6.64. The van der Waals surface area contributed by atoms with E-state index in [4.69, 9.17) is 9.84 Å². The van der Waals surface area contributed by atoms with Crippen LogP contribution in [0, 0.1) is 0 Å². The lowest BCUT2D eigenvalue weighted by atomic mass is 10.4. The highest BCUT2D eigenvalue weighted by Gasteiger charge is 2.13. The van der Waals surface area contributed by atoms with E-state index in [1.807, 2.05) is 6.92 Å². The maximum Gasteiger partial charge on any atom is 0.323 e. The van der Waals surface area contributed by atoms with Crippen molar-refractivity contribution in [2.75, 3.05) is 30.3 Å². The van der Waals surface area contributed by atoms with Crippen LogP contribution in [0.2, 0.25) is 0 Å². The first-order chi connectivity index (χ1) is 10.1. The maximum absolute atomic E-state index is 11.3. The summed E-state index contributed by atoms with van der Waals surface area (Å²) in [4.78, 5) is 32.2. The summed E-state index contributed by atoms with van der Waals surface area (Å²) in [6, 6.07) is 0. The lowest BCUT2D eigenvalue weighted by Crippen LogP contribution is -2.31. The van der Waals surface area contributed by atoms with E-state index in [-0.39, 0.29) is 18.3 Å². The molecule has 0 aliphatic carbocycles. The molecule has 0 amide bonds. The molecule has 0 atom stereocenters. The molecule has 0 unspecified atom stereocenters. The second-order valence-electron chi connectivity index (χ2n) is 4.12. The number of carboxylic acid groups (broad SMARTS) is 1. The van der Waals surface area contributed by atoms with E-state index in [0.29, 0.717) is 24.0 Å². The predicted molar refractivity (Wildman–Crippen MR) is 79.5 cm³/mol. The summed E-state index contributed by atoms with van der Waals surface area (Å²) in [6.07, 6.45) is 3.86. The lowest BCUT2D eigenvalue weighted by Gasteiger charge is -2.20. The topological polar surface area (TPSA) is 92.6 Å². The van der Waals surface area contributed by atoms with Crippen molar-refractivity contribution in [2.24, 2.45) is 0 Å². The van der Waals surface area contributed by atoms with Crippen LogP contribution >= 0.6 is 11.8 Å². The van der Waals surface area contributed by atoms with Crippen molar-refractivity contribution in [1.29, 1.82) is 0 Å². The second-order valence-corrected chi connectivity index (χ2v) is 5.12. The minimum atomic E-state index is -0.921. The Hall–Kier alpha value is -1.83. The van der Waals surface area contributed by atoms with Crippen LogP contribution in [0.1, 0.15) is 20.3 Å². The predicted octanol–water partition coefficient (Wildman–Crippen LogP) is 1.43. The number of aromatic nitrogens is 2. The Morgan fingerprint density at radius 3 is 2.76 bits per heavy atom. The summed E-state index contributed by atoms with van der Waals surface area (Å²) in [5, 5.41) is 9.48. The number of hydrogen-bond donors (Lipinski definition) is 1. The van der Waals surface area contributed by atoms with Gasteiger partial charge in [-0.05, 0) is 13.3 Å². The molecule has 0 aliphatic rings. The number of aliphatic carboxylic acids is 1. The number of thioether (sulfide) groups is 1. The minimum Gasteiger partial charge on any atom is -0.480 e. The van der Waals surface area contributed by atoms with Gasteiger partial charge in [0.25, 0.3) is 0 Å². The third-order valence-corrected chi connectivity index (χ3v) is 3.26. The zero-order chi connectivity index (χ0) is 15.7. The van der Waals surface area contributed by atoms with Crippen LogP contribution in [0.3, 0.4) is 0 Å². The van der Waals surface area contributed by atoms with Gasteiger partial charge >= 0.3 is 11.9 Å². The quantitative estimate of drug-likeness (QED) is 0.540. The number of esters is 1. The molecule has 8 heteroatoms. The second kappa shape index (κ2) is 9.17. The van der Waals surface area contributed by atoms with E-state index in [1.54, 1.807) is 11.8 Å². The molecule has 0 saturated heterocycles. The molecule has 0 saturated carbocycles. The summed E-state index contributed by atoms with van der Waals surface area (Å²) < 4.78 is 4.84. The van der Waals surface area contributed by atoms with Gasteiger partial charge in [0.05, 0.1) is 24.8 Å². The number of rotatable bonds is 9. The fourth-order valence-corrected chi connectivity index (χ4v) is 2.25. The number of anilines is 1. The average Bonchev–Trinajstić information content (AvgIpc) is 2.45. The summed E-state index contributed by atoms with van der Waals surface area (Å²) >= 11 is 1.21. The number of carbonyl (C=O) groups excluding carboxylic acids is 1. The highest BCUT2D eigenvalue weighted by Crippen LogP contribution is 2.18. The first-order valence-corrected chi connectivity index (χ1v) is 7.62. The van der Waals surface area contributed by atoms with Crippen LogP contribution in [0.25, 0.3) is 0 Å². The number of ether oxygens (including phenoxy) is 1. The molecule has 21 heavy (non-hydrogen) atoms. The van der Waals surface area contributed by atoms with E-state index in [9.17, 15) is 9.59 Å². The van der Waals surface area contributed by atoms with Gasteiger partial charge in [0.1, 0.15) is 17.4 Å². The van der Waals surface area contributed by atoms with Crippen LogP contribution in [-0.2, 0) is 14.3 Å². The average molecular weight is 313 g/mol. The van der Waals surface area contributed by atoms with Crippen LogP contribution in [0.5, 0.6) is 0 Å². The summed E-state index contributed by atoms with van der Waals surface area (Å²) in [7, 11) is 0. The Kier molecular flexibility index (Phi) is 7.52. The van der Waals surface area contributed by atoms with Crippen LogP contribution < -0.4 is 4.90 Å². The number of carboxylic acids is 1. The number of carbonyl (C=O) groups is 2. The van der Waals surface area contributed by atoms with Gasteiger partial charge in [-0.25, -0.2) is 4.98 Å². The number of nitrogens with zero attached hydrogens (tertiary/aromatic N) is 3. The van der Waals surface area contributed by atoms with Gasteiger partial charge in [-0.15, -0.1) is 0 Å². The summed E-state index contributed by atoms with van der Waals surface area (Å²) in [5.41, 5.74) is 0. The Morgan fingerprint density at radius 2 is 2.14 bits per heavy atom. The van der Waals surface area contributed by atoms with Crippen LogP contribution in [0.15, 0.2) is 17.4 Å². The van der Waals surface area contributed by atoms with Crippen molar-refractivity contribution in [2.45, 2.75) is 25.3 Å².